The Morgan fingerprint density at radius 3 is 2.78 bits per heavy atom. The minimum Gasteiger partial charge on any atom is -0.317 e. The summed E-state index contributed by atoms with van der Waals surface area (Å²) in [6, 6.07) is 8.41. The average molecular weight is 250 g/mol. The van der Waals surface area contributed by atoms with Crippen LogP contribution >= 0.6 is 0 Å². The Labute approximate surface area is 109 Å². The van der Waals surface area contributed by atoms with Gasteiger partial charge in [0.1, 0.15) is 5.82 Å². The molecule has 0 aromatic heterocycles. The average Bonchev–Trinajstić information content (AvgIpc) is 2.38. The molecule has 0 radical (unpaired) electrons. The molecule has 2 nitrogen and oxygen atoms in total. The largest absolute Gasteiger partial charge is 0.317 e. The van der Waals surface area contributed by atoms with Gasteiger partial charge in [-0.25, -0.2) is 4.39 Å². The van der Waals surface area contributed by atoms with Crippen LogP contribution in [0.3, 0.4) is 0 Å². The number of nitrogens with one attached hydrogen (secondary N) is 1. The molecule has 1 N–H and O–H groups in total. The van der Waals surface area contributed by atoms with Crippen LogP contribution in [0.4, 0.5) is 4.39 Å². The van der Waals surface area contributed by atoms with Gasteiger partial charge in [-0.3, -0.25) is 4.90 Å². The summed E-state index contributed by atoms with van der Waals surface area (Å²) >= 11 is 0. The highest BCUT2D eigenvalue weighted by atomic mass is 19.1. The van der Waals surface area contributed by atoms with Crippen molar-refractivity contribution in [2.75, 3.05) is 13.6 Å². The Hall–Kier alpha value is -0.930. The summed E-state index contributed by atoms with van der Waals surface area (Å²) in [6.07, 6.45) is 2.22. The maximum Gasteiger partial charge on any atom is 0.123 e. The number of halogens is 1. The number of hydrogen-bond acceptors (Lipinski definition) is 2. The molecule has 0 spiro atoms. The Balaban J connectivity index is 2.24. The van der Waals surface area contributed by atoms with Crippen molar-refractivity contribution in [1.82, 2.24) is 10.2 Å². The number of rotatable bonds is 3. The van der Waals surface area contributed by atoms with E-state index in [4.69, 9.17) is 0 Å². The lowest BCUT2D eigenvalue weighted by molar-refractivity contribution is 0.0943. The molecule has 1 aromatic rings. The van der Waals surface area contributed by atoms with Crippen LogP contribution < -0.4 is 5.32 Å². The Morgan fingerprint density at radius 2 is 2.17 bits per heavy atom. The van der Waals surface area contributed by atoms with Crippen molar-refractivity contribution in [3.63, 3.8) is 0 Å². The van der Waals surface area contributed by atoms with E-state index < -0.39 is 0 Å². The summed E-state index contributed by atoms with van der Waals surface area (Å²) in [5, 5.41) is 3.36. The second-order valence-electron chi connectivity index (χ2n) is 5.41. The summed E-state index contributed by atoms with van der Waals surface area (Å²) < 4.78 is 13.4. The van der Waals surface area contributed by atoms with Crippen LogP contribution in [-0.2, 0) is 0 Å². The molecule has 18 heavy (non-hydrogen) atoms. The molecule has 1 saturated heterocycles. The van der Waals surface area contributed by atoms with Crippen molar-refractivity contribution in [3.05, 3.63) is 35.6 Å². The second-order valence-corrected chi connectivity index (χ2v) is 5.41. The number of hydrogen-bond donors (Lipinski definition) is 1. The molecule has 0 bridgehead atoms. The van der Waals surface area contributed by atoms with Gasteiger partial charge in [-0.1, -0.05) is 12.1 Å². The molecule has 1 aliphatic rings. The minimum absolute atomic E-state index is 0.136. The van der Waals surface area contributed by atoms with Gasteiger partial charge in [-0.05, 0) is 51.4 Å². The lowest BCUT2D eigenvalue weighted by atomic mass is 9.90. The predicted octanol–water partition coefficient (Wildman–Crippen LogP) is 2.96. The highest BCUT2D eigenvalue weighted by Crippen LogP contribution is 2.32. The van der Waals surface area contributed by atoms with Crippen molar-refractivity contribution >= 4 is 0 Å². The van der Waals surface area contributed by atoms with Gasteiger partial charge in [-0.15, -0.1) is 0 Å². The molecule has 0 saturated carbocycles. The summed E-state index contributed by atoms with van der Waals surface area (Å²) in [4.78, 5) is 2.47. The molecule has 2 rings (SSSR count). The highest BCUT2D eigenvalue weighted by molar-refractivity contribution is 5.21. The van der Waals surface area contributed by atoms with Crippen molar-refractivity contribution in [2.24, 2.45) is 0 Å². The van der Waals surface area contributed by atoms with E-state index in [1.165, 1.54) is 12.5 Å². The maximum absolute atomic E-state index is 13.4. The molecule has 3 heteroatoms. The van der Waals surface area contributed by atoms with E-state index in [9.17, 15) is 4.39 Å². The molecule has 100 valence electrons. The van der Waals surface area contributed by atoms with Gasteiger partial charge in [0.05, 0.1) is 0 Å². The van der Waals surface area contributed by atoms with E-state index in [1.54, 1.807) is 6.07 Å². The quantitative estimate of drug-likeness (QED) is 0.887. The summed E-state index contributed by atoms with van der Waals surface area (Å²) in [5.74, 6) is -0.136. The number of likely N-dealkylation sites (tertiary alicyclic amines) is 1. The van der Waals surface area contributed by atoms with Gasteiger partial charge in [0.15, 0.2) is 0 Å². The van der Waals surface area contributed by atoms with Crippen LogP contribution in [0.25, 0.3) is 0 Å². The lowest BCUT2D eigenvalue weighted by Crippen LogP contribution is -2.46. The fourth-order valence-corrected chi connectivity index (χ4v) is 2.91. The van der Waals surface area contributed by atoms with Crippen molar-refractivity contribution < 1.29 is 4.39 Å². The minimum atomic E-state index is -0.136. The molecule has 0 amide bonds. The van der Waals surface area contributed by atoms with Crippen LogP contribution in [-0.4, -0.2) is 30.6 Å². The monoisotopic (exact) mass is 250 g/mol. The van der Waals surface area contributed by atoms with Crippen LogP contribution in [0.5, 0.6) is 0 Å². The molecule has 1 aliphatic heterocycles. The van der Waals surface area contributed by atoms with E-state index in [-0.39, 0.29) is 5.82 Å². The SMILES string of the molecule is CN[C@@H]1CCN(C(C)C)[C@H](c2cccc(F)c2)C1. The summed E-state index contributed by atoms with van der Waals surface area (Å²) in [5.41, 5.74) is 1.10. The highest BCUT2D eigenvalue weighted by Gasteiger charge is 2.30. The summed E-state index contributed by atoms with van der Waals surface area (Å²) in [7, 11) is 2.01. The zero-order valence-electron chi connectivity index (χ0n) is 11.5. The van der Waals surface area contributed by atoms with Crippen LogP contribution in [0.1, 0.15) is 38.3 Å². The zero-order chi connectivity index (χ0) is 13.1. The topological polar surface area (TPSA) is 15.3 Å². The smallest absolute Gasteiger partial charge is 0.123 e. The predicted molar refractivity (Wildman–Crippen MR) is 73.1 cm³/mol. The van der Waals surface area contributed by atoms with Crippen LogP contribution in [0, 0.1) is 5.82 Å². The standard InChI is InChI=1S/C15H23FN2/c1-11(2)18-8-7-14(17-3)10-15(18)12-5-4-6-13(16)9-12/h4-6,9,11,14-15,17H,7-8,10H2,1-3H3/t14-,15+/m1/s1. The van der Waals surface area contributed by atoms with E-state index in [0.717, 1.165) is 18.5 Å². The van der Waals surface area contributed by atoms with E-state index >= 15 is 0 Å². The Morgan fingerprint density at radius 1 is 1.39 bits per heavy atom. The normalized spacial score (nSPS) is 25.6. The van der Waals surface area contributed by atoms with Crippen LogP contribution in [0.2, 0.25) is 0 Å². The first-order chi connectivity index (χ1) is 8.61. The number of benzene rings is 1. The van der Waals surface area contributed by atoms with Gasteiger partial charge in [-0.2, -0.15) is 0 Å². The van der Waals surface area contributed by atoms with Gasteiger partial charge in [0.25, 0.3) is 0 Å². The van der Waals surface area contributed by atoms with E-state index in [1.807, 2.05) is 19.2 Å². The number of nitrogens with zero attached hydrogens (tertiary/aromatic N) is 1. The van der Waals surface area contributed by atoms with Crippen molar-refractivity contribution in [3.8, 4) is 0 Å². The van der Waals surface area contributed by atoms with Gasteiger partial charge < -0.3 is 5.32 Å². The second kappa shape index (κ2) is 5.81. The third-order valence-corrected chi connectivity index (χ3v) is 3.95. The first kappa shape index (κ1) is 13.5. The zero-order valence-corrected chi connectivity index (χ0v) is 11.5. The van der Waals surface area contributed by atoms with Crippen molar-refractivity contribution in [1.29, 1.82) is 0 Å². The molecule has 1 aromatic carbocycles. The third-order valence-electron chi connectivity index (χ3n) is 3.95. The first-order valence-electron chi connectivity index (χ1n) is 6.80. The summed E-state index contributed by atoms with van der Waals surface area (Å²) in [6.45, 7) is 5.50. The molecule has 0 unspecified atom stereocenters. The molecular weight excluding hydrogens is 227 g/mol. The van der Waals surface area contributed by atoms with Gasteiger partial charge >= 0.3 is 0 Å². The molecular formula is C15H23FN2. The molecule has 1 heterocycles. The number of piperidine rings is 1. The first-order valence-corrected chi connectivity index (χ1v) is 6.80. The lowest BCUT2D eigenvalue weighted by Gasteiger charge is -2.42. The Kier molecular flexibility index (Phi) is 4.36. The fraction of sp³-hybridized carbons (Fsp3) is 0.600. The molecule has 1 fully saturated rings. The maximum atomic E-state index is 13.4. The van der Waals surface area contributed by atoms with Gasteiger partial charge in [0, 0.05) is 24.7 Å². The van der Waals surface area contributed by atoms with Crippen LogP contribution in [0.15, 0.2) is 24.3 Å². The van der Waals surface area contributed by atoms with E-state index in [2.05, 4.69) is 24.1 Å². The molecule has 2 atom stereocenters. The fourth-order valence-electron chi connectivity index (χ4n) is 2.91. The third kappa shape index (κ3) is 2.90. The van der Waals surface area contributed by atoms with E-state index in [0.29, 0.717) is 18.1 Å². The van der Waals surface area contributed by atoms with Gasteiger partial charge in [0.2, 0.25) is 0 Å². The van der Waals surface area contributed by atoms with Crippen molar-refractivity contribution in [2.45, 2.75) is 44.8 Å². The Bertz CT molecular complexity index is 392. The molecule has 0 aliphatic carbocycles.